The van der Waals surface area contributed by atoms with Crippen molar-refractivity contribution in [2.24, 2.45) is 11.8 Å². The highest BCUT2D eigenvalue weighted by molar-refractivity contribution is 5.94. The van der Waals surface area contributed by atoms with Gasteiger partial charge in [0.1, 0.15) is 0 Å². The molecule has 1 aromatic rings. The Morgan fingerprint density at radius 1 is 1.08 bits per heavy atom. The molecule has 4 atom stereocenters. The molecule has 144 valence electrons. The Labute approximate surface area is 156 Å². The van der Waals surface area contributed by atoms with E-state index in [4.69, 9.17) is 4.74 Å². The average molecular weight is 360 g/mol. The van der Waals surface area contributed by atoms with E-state index in [-0.39, 0.29) is 30.6 Å². The fourth-order valence-electron chi connectivity index (χ4n) is 4.34. The van der Waals surface area contributed by atoms with Crippen LogP contribution < -0.4 is 0 Å². The van der Waals surface area contributed by atoms with E-state index in [1.54, 1.807) is 0 Å². The SMILES string of the molecule is Cc1ccc(C(=O)N2C[C@@H](CN3C[C@@H](C)O[C@@H](C)C3)[C@@H](CO)C2)cc1C. The van der Waals surface area contributed by atoms with E-state index in [9.17, 15) is 9.90 Å². The zero-order chi connectivity index (χ0) is 18.8. The molecule has 0 bridgehead atoms. The van der Waals surface area contributed by atoms with Crippen molar-refractivity contribution in [1.82, 2.24) is 9.80 Å². The zero-order valence-corrected chi connectivity index (χ0v) is 16.4. The molecule has 2 aliphatic heterocycles. The van der Waals surface area contributed by atoms with Gasteiger partial charge in [-0.1, -0.05) is 6.07 Å². The molecule has 2 saturated heterocycles. The van der Waals surface area contributed by atoms with Gasteiger partial charge in [-0.3, -0.25) is 9.69 Å². The normalized spacial score (nSPS) is 30.0. The van der Waals surface area contributed by atoms with Gasteiger partial charge in [0.15, 0.2) is 0 Å². The predicted molar refractivity (Wildman–Crippen MR) is 102 cm³/mol. The number of morpholine rings is 1. The van der Waals surface area contributed by atoms with Gasteiger partial charge in [0.25, 0.3) is 5.91 Å². The highest BCUT2D eigenvalue weighted by Gasteiger charge is 2.37. The van der Waals surface area contributed by atoms with Crippen LogP contribution >= 0.6 is 0 Å². The van der Waals surface area contributed by atoms with Crippen LogP contribution in [0.4, 0.5) is 0 Å². The highest BCUT2D eigenvalue weighted by Crippen LogP contribution is 2.27. The van der Waals surface area contributed by atoms with E-state index < -0.39 is 0 Å². The standard InChI is InChI=1S/C21H32N2O3/c1-14-5-6-18(7-15(14)2)21(25)23-11-19(20(12-23)13-24)10-22-8-16(3)26-17(4)9-22/h5-7,16-17,19-20,24H,8-13H2,1-4H3/t16-,17+,19-,20-/m1/s1. The summed E-state index contributed by atoms with van der Waals surface area (Å²) in [5.74, 6) is 0.546. The number of ether oxygens (including phenoxy) is 1. The molecule has 0 radical (unpaired) electrons. The molecule has 0 saturated carbocycles. The number of carbonyl (C=O) groups excluding carboxylic acids is 1. The van der Waals surface area contributed by atoms with Crippen LogP contribution in [0.2, 0.25) is 0 Å². The maximum absolute atomic E-state index is 12.9. The zero-order valence-electron chi connectivity index (χ0n) is 16.4. The van der Waals surface area contributed by atoms with Crippen LogP contribution in [0.3, 0.4) is 0 Å². The van der Waals surface area contributed by atoms with Gasteiger partial charge in [-0.05, 0) is 56.9 Å². The molecule has 0 spiro atoms. The summed E-state index contributed by atoms with van der Waals surface area (Å²) >= 11 is 0. The van der Waals surface area contributed by atoms with Gasteiger partial charge < -0.3 is 14.7 Å². The summed E-state index contributed by atoms with van der Waals surface area (Å²) in [6.07, 6.45) is 0.474. The summed E-state index contributed by atoms with van der Waals surface area (Å²) in [5.41, 5.74) is 3.09. The van der Waals surface area contributed by atoms with Gasteiger partial charge in [0, 0.05) is 50.8 Å². The van der Waals surface area contributed by atoms with Gasteiger partial charge in [-0.2, -0.15) is 0 Å². The Kier molecular flexibility index (Phi) is 6.00. The number of aliphatic hydroxyl groups excluding tert-OH is 1. The van der Waals surface area contributed by atoms with Crippen molar-refractivity contribution < 1.29 is 14.6 Å². The minimum Gasteiger partial charge on any atom is -0.396 e. The molecular weight excluding hydrogens is 328 g/mol. The highest BCUT2D eigenvalue weighted by atomic mass is 16.5. The molecule has 1 aromatic carbocycles. The predicted octanol–water partition coefficient (Wildman–Crippen LogP) is 2.09. The van der Waals surface area contributed by atoms with E-state index in [1.807, 2.05) is 30.0 Å². The second-order valence-corrected chi connectivity index (χ2v) is 8.19. The molecule has 0 aromatic heterocycles. The third kappa shape index (κ3) is 4.27. The first-order valence-corrected chi connectivity index (χ1v) is 9.72. The lowest BCUT2D eigenvalue weighted by Gasteiger charge is -2.37. The number of hydrogen-bond acceptors (Lipinski definition) is 4. The van der Waals surface area contributed by atoms with Crippen LogP contribution in [0.25, 0.3) is 0 Å². The van der Waals surface area contributed by atoms with Crippen molar-refractivity contribution in [3.8, 4) is 0 Å². The van der Waals surface area contributed by atoms with Crippen molar-refractivity contribution in [2.75, 3.05) is 39.3 Å². The number of amides is 1. The summed E-state index contributed by atoms with van der Waals surface area (Å²) in [7, 11) is 0. The molecular formula is C21H32N2O3. The summed E-state index contributed by atoms with van der Waals surface area (Å²) in [6, 6.07) is 5.90. The molecule has 2 heterocycles. The fourth-order valence-corrected chi connectivity index (χ4v) is 4.34. The van der Waals surface area contributed by atoms with Gasteiger partial charge in [-0.15, -0.1) is 0 Å². The van der Waals surface area contributed by atoms with Crippen LogP contribution in [-0.2, 0) is 4.74 Å². The molecule has 2 fully saturated rings. The van der Waals surface area contributed by atoms with Crippen molar-refractivity contribution in [3.05, 3.63) is 34.9 Å². The number of hydrogen-bond donors (Lipinski definition) is 1. The molecule has 1 amide bonds. The third-order valence-corrected chi connectivity index (χ3v) is 5.84. The Morgan fingerprint density at radius 2 is 1.73 bits per heavy atom. The number of likely N-dealkylation sites (tertiary alicyclic amines) is 1. The topological polar surface area (TPSA) is 53.0 Å². The lowest BCUT2D eigenvalue weighted by atomic mass is 9.96. The Bertz CT molecular complexity index is 638. The lowest BCUT2D eigenvalue weighted by Crippen LogP contribution is -2.48. The average Bonchev–Trinajstić information content (AvgIpc) is 2.98. The van der Waals surface area contributed by atoms with E-state index in [1.165, 1.54) is 5.56 Å². The van der Waals surface area contributed by atoms with Crippen LogP contribution in [0.1, 0.15) is 35.3 Å². The number of rotatable bonds is 4. The second-order valence-electron chi connectivity index (χ2n) is 8.19. The molecule has 5 heteroatoms. The summed E-state index contributed by atoms with van der Waals surface area (Å²) in [4.78, 5) is 17.3. The number of nitrogens with zero attached hydrogens (tertiary/aromatic N) is 2. The summed E-state index contributed by atoms with van der Waals surface area (Å²) in [5, 5.41) is 9.84. The second kappa shape index (κ2) is 8.07. The smallest absolute Gasteiger partial charge is 0.253 e. The number of benzene rings is 1. The van der Waals surface area contributed by atoms with E-state index in [0.29, 0.717) is 12.5 Å². The molecule has 0 unspecified atom stereocenters. The summed E-state index contributed by atoms with van der Waals surface area (Å²) < 4.78 is 5.82. The fraction of sp³-hybridized carbons (Fsp3) is 0.667. The first-order valence-electron chi connectivity index (χ1n) is 9.72. The third-order valence-electron chi connectivity index (χ3n) is 5.84. The van der Waals surface area contributed by atoms with Crippen molar-refractivity contribution in [2.45, 2.75) is 39.9 Å². The van der Waals surface area contributed by atoms with Crippen LogP contribution in [0, 0.1) is 25.7 Å². The molecule has 3 rings (SSSR count). The van der Waals surface area contributed by atoms with E-state index in [0.717, 1.165) is 37.3 Å². The van der Waals surface area contributed by atoms with Crippen LogP contribution in [0.15, 0.2) is 18.2 Å². The maximum Gasteiger partial charge on any atom is 0.253 e. The largest absolute Gasteiger partial charge is 0.396 e. The Balaban J connectivity index is 1.66. The van der Waals surface area contributed by atoms with Crippen molar-refractivity contribution in [1.29, 1.82) is 0 Å². The quantitative estimate of drug-likeness (QED) is 0.893. The molecule has 5 nitrogen and oxygen atoms in total. The van der Waals surface area contributed by atoms with Crippen molar-refractivity contribution in [3.63, 3.8) is 0 Å². The first kappa shape index (κ1) is 19.3. The minimum atomic E-state index is 0.0813. The monoisotopic (exact) mass is 360 g/mol. The number of aryl methyl sites for hydroxylation is 2. The minimum absolute atomic E-state index is 0.0813. The molecule has 2 aliphatic rings. The first-order chi connectivity index (χ1) is 12.4. The molecule has 0 aliphatic carbocycles. The lowest BCUT2D eigenvalue weighted by molar-refractivity contribution is -0.0726. The Hall–Kier alpha value is -1.43. The molecule has 26 heavy (non-hydrogen) atoms. The van der Waals surface area contributed by atoms with Crippen LogP contribution in [0.5, 0.6) is 0 Å². The van der Waals surface area contributed by atoms with Gasteiger partial charge in [0.05, 0.1) is 12.2 Å². The number of carbonyl (C=O) groups is 1. The van der Waals surface area contributed by atoms with E-state index in [2.05, 4.69) is 25.7 Å². The maximum atomic E-state index is 12.9. The summed E-state index contributed by atoms with van der Waals surface area (Å²) in [6.45, 7) is 12.6. The van der Waals surface area contributed by atoms with Gasteiger partial charge in [0.2, 0.25) is 0 Å². The van der Waals surface area contributed by atoms with Crippen LogP contribution in [-0.4, -0.2) is 72.4 Å². The van der Waals surface area contributed by atoms with Gasteiger partial charge in [-0.25, -0.2) is 0 Å². The van der Waals surface area contributed by atoms with Crippen molar-refractivity contribution >= 4 is 5.91 Å². The Morgan fingerprint density at radius 3 is 2.35 bits per heavy atom. The molecule has 1 N–H and O–H groups in total. The number of aliphatic hydroxyl groups is 1. The van der Waals surface area contributed by atoms with Gasteiger partial charge >= 0.3 is 0 Å². The van der Waals surface area contributed by atoms with E-state index >= 15 is 0 Å².